The Morgan fingerprint density at radius 3 is 0.940 bits per heavy atom. The zero-order valence-corrected chi connectivity index (χ0v) is 43.9. The van der Waals surface area contributed by atoms with Gasteiger partial charge in [0, 0.05) is 19.3 Å². The van der Waals surface area contributed by atoms with Crippen molar-refractivity contribution in [1.82, 2.24) is 0 Å². The van der Waals surface area contributed by atoms with Crippen LogP contribution in [0.1, 0.15) is 265 Å². The maximum absolute atomic E-state index is 12.8. The SMILES string of the molecule is CC/C=C\C/C=C\C/C=C\C/C=C\C/C=C\C/C=C\CCCCCCC(=O)OCC(COC(=O)CCCCCCCCCCCCCCC)OC(=O)CCCCCCC/C=C\CCCCCC. The van der Waals surface area contributed by atoms with Crippen LogP contribution in [0.4, 0.5) is 0 Å². The van der Waals surface area contributed by atoms with Gasteiger partial charge in [0.15, 0.2) is 6.10 Å². The number of esters is 3. The molecule has 67 heavy (non-hydrogen) atoms. The highest BCUT2D eigenvalue weighted by Crippen LogP contribution is 2.15. The van der Waals surface area contributed by atoms with E-state index in [1.165, 1.54) is 103 Å². The van der Waals surface area contributed by atoms with Crippen molar-refractivity contribution in [2.75, 3.05) is 13.2 Å². The van der Waals surface area contributed by atoms with Crippen molar-refractivity contribution in [3.63, 3.8) is 0 Å². The molecule has 0 aromatic rings. The molecule has 0 fully saturated rings. The fourth-order valence-electron chi connectivity index (χ4n) is 7.68. The molecule has 0 rings (SSSR count). The third-order valence-corrected chi connectivity index (χ3v) is 11.9. The van der Waals surface area contributed by atoms with E-state index in [4.69, 9.17) is 14.2 Å². The van der Waals surface area contributed by atoms with E-state index < -0.39 is 6.10 Å². The van der Waals surface area contributed by atoms with Crippen LogP contribution in [0.25, 0.3) is 0 Å². The Hall–Kier alpha value is -3.41. The van der Waals surface area contributed by atoms with Gasteiger partial charge in [0.2, 0.25) is 0 Å². The van der Waals surface area contributed by atoms with Gasteiger partial charge in [-0.1, -0.05) is 234 Å². The van der Waals surface area contributed by atoms with E-state index in [0.29, 0.717) is 19.3 Å². The molecule has 0 aliphatic rings. The van der Waals surface area contributed by atoms with E-state index in [9.17, 15) is 14.4 Å². The van der Waals surface area contributed by atoms with E-state index in [1.54, 1.807) is 0 Å². The summed E-state index contributed by atoms with van der Waals surface area (Å²) in [4.78, 5) is 38.1. The highest BCUT2D eigenvalue weighted by molar-refractivity contribution is 5.71. The van der Waals surface area contributed by atoms with Crippen LogP contribution in [0.15, 0.2) is 85.1 Å². The van der Waals surface area contributed by atoms with Gasteiger partial charge >= 0.3 is 17.9 Å². The lowest BCUT2D eigenvalue weighted by Gasteiger charge is -2.18. The zero-order valence-electron chi connectivity index (χ0n) is 43.9. The van der Waals surface area contributed by atoms with Gasteiger partial charge in [0.1, 0.15) is 13.2 Å². The van der Waals surface area contributed by atoms with Gasteiger partial charge in [-0.25, -0.2) is 0 Å². The second kappa shape index (κ2) is 55.2. The van der Waals surface area contributed by atoms with Crippen molar-refractivity contribution in [2.45, 2.75) is 271 Å². The van der Waals surface area contributed by atoms with E-state index in [2.05, 4.69) is 106 Å². The Bertz CT molecular complexity index is 1300. The topological polar surface area (TPSA) is 78.9 Å². The predicted molar refractivity (Wildman–Crippen MR) is 288 cm³/mol. The van der Waals surface area contributed by atoms with Crippen molar-refractivity contribution >= 4 is 17.9 Å². The molecule has 384 valence electrons. The van der Waals surface area contributed by atoms with Crippen LogP contribution in [-0.2, 0) is 28.6 Å². The van der Waals surface area contributed by atoms with Gasteiger partial charge in [-0.05, 0) is 96.3 Å². The van der Waals surface area contributed by atoms with Crippen molar-refractivity contribution in [3.05, 3.63) is 85.1 Å². The normalized spacial score (nSPS) is 12.7. The van der Waals surface area contributed by atoms with Gasteiger partial charge in [0.25, 0.3) is 0 Å². The number of hydrogen-bond acceptors (Lipinski definition) is 6. The Kier molecular flexibility index (Phi) is 52.4. The Labute approximate surface area is 414 Å². The molecule has 0 heterocycles. The Morgan fingerprint density at radius 1 is 0.313 bits per heavy atom. The minimum Gasteiger partial charge on any atom is -0.462 e. The van der Waals surface area contributed by atoms with Gasteiger partial charge in [-0.2, -0.15) is 0 Å². The van der Waals surface area contributed by atoms with Crippen molar-refractivity contribution < 1.29 is 28.6 Å². The molecule has 1 atom stereocenters. The second-order valence-electron chi connectivity index (χ2n) is 18.5. The van der Waals surface area contributed by atoms with E-state index in [1.807, 2.05) is 0 Å². The van der Waals surface area contributed by atoms with Crippen molar-refractivity contribution in [2.24, 2.45) is 0 Å². The summed E-state index contributed by atoms with van der Waals surface area (Å²) in [6.07, 6.45) is 71.4. The molecule has 0 bridgehead atoms. The van der Waals surface area contributed by atoms with Crippen LogP contribution >= 0.6 is 0 Å². The molecule has 1 unspecified atom stereocenters. The van der Waals surface area contributed by atoms with Crippen LogP contribution < -0.4 is 0 Å². The number of unbranched alkanes of at least 4 members (excludes halogenated alkanes) is 25. The fraction of sp³-hybridized carbons (Fsp3) is 0.721. The number of carbonyl (C=O) groups is 3. The Morgan fingerprint density at radius 2 is 0.582 bits per heavy atom. The highest BCUT2D eigenvalue weighted by Gasteiger charge is 2.19. The number of ether oxygens (including phenoxy) is 3. The first-order chi connectivity index (χ1) is 33.0. The smallest absolute Gasteiger partial charge is 0.306 e. The van der Waals surface area contributed by atoms with Gasteiger partial charge in [-0.15, -0.1) is 0 Å². The summed E-state index contributed by atoms with van der Waals surface area (Å²) in [6, 6.07) is 0. The lowest BCUT2D eigenvalue weighted by atomic mass is 10.0. The molecule has 0 aromatic carbocycles. The third-order valence-electron chi connectivity index (χ3n) is 11.9. The molecule has 0 spiro atoms. The van der Waals surface area contributed by atoms with E-state index in [0.717, 1.165) is 122 Å². The summed E-state index contributed by atoms with van der Waals surface area (Å²) >= 11 is 0. The molecule has 6 heteroatoms. The minimum atomic E-state index is -0.790. The first-order valence-electron chi connectivity index (χ1n) is 28.1. The number of carbonyl (C=O) groups excluding carboxylic acids is 3. The largest absolute Gasteiger partial charge is 0.462 e. The van der Waals surface area contributed by atoms with Gasteiger partial charge in [0.05, 0.1) is 0 Å². The van der Waals surface area contributed by atoms with Crippen LogP contribution in [0.5, 0.6) is 0 Å². The summed E-state index contributed by atoms with van der Waals surface area (Å²) in [5.41, 5.74) is 0. The molecule has 0 saturated carbocycles. The maximum atomic E-state index is 12.8. The molecule has 0 aliphatic carbocycles. The highest BCUT2D eigenvalue weighted by atomic mass is 16.6. The van der Waals surface area contributed by atoms with E-state index in [-0.39, 0.29) is 31.1 Å². The Balaban J connectivity index is 4.39. The molecule has 0 aromatic heterocycles. The van der Waals surface area contributed by atoms with Gasteiger partial charge in [-0.3, -0.25) is 14.4 Å². The predicted octanol–water partition coefficient (Wildman–Crippen LogP) is 18.8. The molecule has 0 radical (unpaired) electrons. The van der Waals surface area contributed by atoms with Gasteiger partial charge < -0.3 is 14.2 Å². The molecule has 0 N–H and O–H groups in total. The lowest BCUT2D eigenvalue weighted by molar-refractivity contribution is -0.167. The fourth-order valence-corrected chi connectivity index (χ4v) is 7.68. The molecular weight excluding hydrogens is 829 g/mol. The lowest BCUT2D eigenvalue weighted by Crippen LogP contribution is -2.30. The molecule has 0 amide bonds. The molecular formula is C61H104O6. The molecule has 6 nitrogen and oxygen atoms in total. The quantitative estimate of drug-likeness (QED) is 0.0262. The van der Waals surface area contributed by atoms with Crippen LogP contribution in [0, 0.1) is 0 Å². The summed E-state index contributed by atoms with van der Waals surface area (Å²) in [6.45, 7) is 6.49. The van der Waals surface area contributed by atoms with Crippen LogP contribution in [-0.4, -0.2) is 37.2 Å². The van der Waals surface area contributed by atoms with E-state index >= 15 is 0 Å². The monoisotopic (exact) mass is 933 g/mol. The minimum absolute atomic E-state index is 0.0863. The third kappa shape index (κ3) is 53.4. The standard InChI is InChI=1S/C61H104O6/c1-4-7-10-13-16-19-22-25-26-27-28-29-30-31-32-33-34-37-39-42-45-48-51-54-60(63)66-57-58(67-61(64)55-52-49-46-43-40-36-24-21-18-15-12-9-6-3)56-65-59(62)53-50-47-44-41-38-35-23-20-17-14-11-8-5-2/h7,10,16,19,21,24-26,28-29,31-32,34,37,58H,4-6,8-9,11-15,17-18,20,22-23,27,30,33,35-36,38-57H2,1-3H3/b10-7-,19-16-,24-21-,26-25-,29-28-,32-31-,37-34-. The second-order valence-corrected chi connectivity index (χ2v) is 18.5. The molecule has 0 saturated heterocycles. The number of rotatable bonds is 50. The number of allylic oxidation sites excluding steroid dienone is 14. The summed E-state index contributed by atoms with van der Waals surface area (Å²) in [7, 11) is 0. The maximum Gasteiger partial charge on any atom is 0.306 e. The average molecular weight is 933 g/mol. The first-order valence-corrected chi connectivity index (χ1v) is 28.1. The summed E-state index contributed by atoms with van der Waals surface area (Å²) < 4.78 is 16.8. The average Bonchev–Trinajstić information content (AvgIpc) is 3.33. The summed E-state index contributed by atoms with van der Waals surface area (Å²) in [5.74, 6) is -0.917. The van der Waals surface area contributed by atoms with Crippen molar-refractivity contribution in [3.8, 4) is 0 Å². The summed E-state index contributed by atoms with van der Waals surface area (Å²) in [5, 5.41) is 0. The van der Waals surface area contributed by atoms with Crippen molar-refractivity contribution in [1.29, 1.82) is 0 Å². The molecule has 0 aliphatic heterocycles. The van der Waals surface area contributed by atoms with Crippen LogP contribution in [0.2, 0.25) is 0 Å². The van der Waals surface area contributed by atoms with Crippen LogP contribution in [0.3, 0.4) is 0 Å². The number of hydrogen-bond donors (Lipinski definition) is 0. The first kappa shape index (κ1) is 63.6. The zero-order chi connectivity index (χ0) is 48.6.